The van der Waals surface area contributed by atoms with Gasteiger partial charge in [-0.3, -0.25) is 4.98 Å². The Morgan fingerprint density at radius 3 is 3.05 bits per heavy atom. The molecule has 21 heavy (non-hydrogen) atoms. The second-order valence-electron chi connectivity index (χ2n) is 5.44. The minimum absolute atomic E-state index is 0.0879. The largest absolute Gasteiger partial charge is 0.335 e. The Kier molecular flexibility index (Phi) is 3.85. The number of amides is 2. The standard InChI is InChI=1S/C15H19N5O/c1-19(15(21)18-13-2-5-16-6-3-13)11-12-4-8-20-9-7-17-14(20)10-12/h2-3,5-7,9,12H,4,8,10-11H2,1H3,(H,16,18,21)/t12-/m1/s1. The molecule has 1 aliphatic rings. The van der Waals surface area contributed by atoms with Gasteiger partial charge in [0.2, 0.25) is 0 Å². The minimum atomic E-state index is -0.0879. The SMILES string of the molecule is CN(C[C@@H]1CCn2ccnc2C1)C(=O)Nc1ccncc1. The molecule has 6 nitrogen and oxygen atoms in total. The third-order valence-electron chi connectivity index (χ3n) is 3.86. The van der Waals surface area contributed by atoms with Gasteiger partial charge in [0.1, 0.15) is 5.82 Å². The second kappa shape index (κ2) is 5.95. The molecule has 1 N–H and O–H groups in total. The summed E-state index contributed by atoms with van der Waals surface area (Å²) >= 11 is 0. The number of aromatic nitrogens is 3. The summed E-state index contributed by atoms with van der Waals surface area (Å²) in [5, 5.41) is 2.87. The summed E-state index contributed by atoms with van der Waals surface area (Å²) in [4.78, 5) is 22.2. The number of urea groups is 1. The molecular weight excluding hydrogens is 266 g/mol. The molecule has 0 unspecified atom stereocenters. The molecule has 0 fully saturated rings. The maximum absolute atomic E-state index is 12.2. The first kappa shape index (κ1) is 13.6. The van der Waals surface area contributed by atoms with Gasteiger partial charge < -0.3 is 14.8 Å². The number of nitrogens with zero attached hydrogens (tertiary/aromatic N) is 4. The number of nitrogens with one attached hydrogen (secondary N) is 1. The Morgan fingerprint density at radius 1 is 1.43 bits per heavy atom. The van der Waals surface area contributed by atoms with Gasteiger partial charge in [0.05, 0.1) is 0 Å². The Bertz CT molecular complexity index is 610. The molecular formula is C15H19N5O. The molecule has 2 aromatic rings. The van der Waals surface area contributed by atoms with Crippen molar-refractivity contribution in [3.05, 3.63) is 42.7 Å². The highest BCUT2D eigenvalue weighted by molar-refractivity contribution is 5.88. The maximum Gasteiger partial charge on any atom is 0.321 e. The Balaban J connectivity index is 1.54. The summed E-state index contributed by atoms with van der Waals surface area (Å²) in [5.74, 6) is 1.59. The number of carbonyl (C=O) groups excluding carboxylic acids is 1. The van der Waals surface area contributed by atoms with Crippen LogP contribution in [0, 0.1) is 5.92 Å². The van der Waals surface area contributed by atoms with E-state index in [0.29, 0.717) is 5.92 Å². The summed E-state index contributed by atoms with van der Waals surface area (Å²) in [6.45, 7) is 1.73. The van der Waals surface area contributed by atoms with Gasteiger partial charge in [-0.15, -0.1) is 0 Å². The molecule has 1 aliphatic heterocycles. The first-order valence-corrected chi connectivity index (χ1v) is 7.14. The van der Waals surface area contributed by atoms with E-state index in [4.69, 9.17) is 0 Å². The van der Waals surface area contributed by atoms with E-state index in [2.05, 4.69) is 19.9 Å². The number of pyridine rings is 1. The molecule has 3 rings (SSSR count). The van der Waals surface area contributed by atoms with E-state index in [1.165, 1.54) is 0 Å². The van der Waals surface area contributed by atoms with Crippen molar-refractivity contribution < 1.29 is 4.79 Å². The quantitative estimate of drug-likeness (QED) is 0.938. The fraction of sp³-hybridized carbons (Fsp3) is 0.400. The third kappa shape index (κ3) is 3.21. The van der Waals surface area contributed by atoms with Crippen LogP contribution < -0.4 is 5.32 Å². The molecule has 0 aliphatic carbocycles. The number of rotatable bonds is 3. The average Bonchev–Trinajstić information content (AvgIpc) is 2.95. The van der Waals surface area contributed by atoms with E-state index >= 15 is 0 Å². The summed E-state index contributed by atoms with van der Waals surface area (Å²) in [7, 11) is 1.83. The monoisotopic (exact) mass is 285 g/mol. The van der Waals surface area contributed by atoms with Crippen molar-refractivity contribution in [3.8, 4) is 0 Å². The number of fused-ring (bicyclic) bond motifs is 1. The Labute approximate surface area is 123 Å². The molecule has 2 amide bonds. The number of hydrogen-bond acceptors (Lipinski definition) is 3. The highest BCUT2D eigenvalue weighted by Gasteiger charge is 2.22. The molecule has 0 saturated carbocycles. The molecule has 3 heterocycles. The zero-order chi connectivity index (χ0) is 14.7. The topological polar surface area (TPSA) is 63.1 Å². The number of carbonyl (C=O) groups is 1. The summed E-state index contributed by atoms with van der Waals surface area (Å²) in [5.41, 5.74) is 0.765. The van der Waals surface area contributed by atoms with Crippen LogP contribution in [0.15, 0.2) is 36.9 Å². The van der Waals surface area contributed by atoms with Crippen LogP contribution in [0.4, 0.5) is 10.5 Å². The predicted molar refractivity (Wildman–Crippen MR) is 79.9 cm³/mol. The number of hydrogen-bond donors (Lipinski definition) is 1. The van der Waals surface area contributed by atoms with Crippen molar-refractivity contribution in [1.82, 2.24) is 19.4 Å². The highest BCUT2D eigenvalue weighted by atomic mass is 16.2. The highest BCUT2D eigenvalue weighted by Crippen LogP contribution is 2.20. The molecule has 110 valence electrons. The number of imidazole rings is 1. The molecule has 0 bridgehead atoms. The first-order chi connectivity index (χ1) is 10.2. The summed E-state index contributed by atoms with van der Waals surface area (Å²) in [6, 6.07) is 3.47. The minimum Gasteiger partial charge on any atom is -0.335 e. The molecule has 1 atom stereocenters. The van der Waals surface area contributed by atoms with Gasteiger partial charge in [0, 0.05) is 57.0 Å². The lowest BCUT2D eigenvalue weighted by Gasteiger charge is -2.27. The summed E-state index contributed by atoms with van der Waals surface area (Å²) in [6.07, 6.45) is 9.20. The fourth-order valence-electron chi connectivity index (χ4n) is 2.70. The van der Waals surface area contributed by atoms with Crippen molar-refractivity contribution in [2.45, 2.75) is 19.4 Å². The van der Waals surface area contributed by atoms with Gasteiger partial charge in [-0.25, -0.2) is 9.78 Å². The normalized spacial score (nSPS) is 17.1. The Hall–Kier alpha value is -2.37. The van der Waals surface area contributed by atoms with Crippen molar-refractivity contribution in [2.24, 2.45) is 5.92 Å². The molecule has 6 heteroatoms. The van der Waals surface area contributed by atoms with Crippen molar-refractivity contribution in [3.63, 3.8) is 0 Å². The number of anilines is 1. The van der Waals surface area contributed by atoms with E-state index in [1.54, 1.807) is 29.4 Å². The van der Waals surface area contributed by atoms with Crippen LogP contribution >= 0.6 is 0 Å². The van der Waals surface area contributed by atoms with Crippen LogP contribution in [0.5, 0.6) is 0 Å². The van der Waals surface area contributed by atoms with E-state index in [-0.39, 0.29) is 6.03 Å². The van der Waals surface area contributed by atoms with Crippen LogP contribution in [-0.2, 0) is 13.0 Å². The van der Waals surface area contributed by atoms with E-state index in [9.17, 15) is 4.79 Å². The second-order valence-corrected chi connectivity index (χ2v) is 5.44. The molecule has 2 aromatic heterocycles. The fourth-order valence-corrected chi connectivity index (χ4v) is 2.70. The van der Waals surface area contributed by atoms with Gasteiger partial charge in [0.15, 0.2) is 0 Å². The lowest BCUT2D eigenvalue weighted by Crippen LogP contribution is -2.37. The van der Waals surface area contributed by atoms with Crippen LogP contribution in [0.1, 0.15) is 12.2 Å². The van der Waals surface area contributed by atoms with Gasteiger partial charge in [0.25, 0.3) is 0 Å². The van der Waals surface area contributed by atoms with Crippen LogP contribution in [0.3, 0.4) is 0 Å². The van der Waals surface area contributed by atoms with Gasteiger partial charge in [-0.05, 0) is 24.5 Å². The van der Waals surface area contributed by atoms with Crippen molar-refractivity contribution in [1.29, 1.82) is 0 Å². The third-order valence-corrected chi connectivity index (χ3v) is 3.86. The lowest BCUT2D eigenvalue weighted by atomic mass is 9.97. The van der Waals surface area contributed by atoms with Gasteiger partial charge in [-0.2, -0.15) is 0 Å². The van der Waals surface area contributed by atoms with Crippen LogP contribution in [-0.4, -0.2) is 39.1 Å². The molecule has 0 radical (unpaired) electrons. The molecule has 0 saturated heterocycles. The van der Waals surface area contributed by atoms with Crippen LogP contribution in [0.25, 0.3) is 0 Å². The molecule has 0 aromatic carbocycles. The van der Waals surface area contributed by atoms with E-state index in [1.807, 2.05) is 19.4 Å². The van der Waals surface area contributed by atoms with Gasteiger partial charge in [-0.1, -0.05) is 0 Å². The smallest absolute Gasteiger partial charge is 0.321 e. The molecule has 0 spiro atoms. The summed E-state index contributed by atoms with van der Waals surface area (Å²) < 4.78 is 2.19. The van der Waals surface area contributed by atoms with Crippen LogP contribution in [0.2, 0.25) is 0 Å². The zero-order valence-electron chi connectivity index (χ0n) is 12.1. The van der Waals surface area contributed by atoms with E-state index < -0.39 is 0 Å². The zero-order valence-corrected chi connectivity index (χ0v) is 12.1. The maximum atomic E-state index is 12.2. The lowest BCUT2D eigenvalue weighted by molar-refractivity contribution is 0.207. The average molecular weight is 285 g/mol. The predicted octanol–water partition coefficient (Wildman–Crippen LogP) is 2.00. The van der Waals surface area contributed by atoms with Crippen molar-refractivity contribution in [2.75, 3.05) is 18.9 Å². The number of aryl methyl sites for hydroxylation is 1. The van der Waals surface area contributed by atoms with E-state index in [0.717, 1.165) is 37.4 Å². The van der Waals surface area contributed by atoms with Crippen molar-refractivity contribution >= 4 is 11.7 Å². The Morgan fingerprint density at radius 2 is 2.24 bits per heavy atom. The van der Waals surface area contributed by atoms with Gasteiger partial charge >= 0.3 is 6.03 Å². The first-order valence-electron chi connectivity index (χ1n) is 7.14.